The lowest BCUT2D eigenvalue weighted by molar-refractivity contribution is -0.385. The molecule has 1 aliphatic rings. The minimum absolute atomic E-state index is 0.00928. The fourth-order valence-corrected chi connectivity index (χ4v) is 2.24. The monoisotopic (exact) mass is 304 g/mol. The fourth-order valence-electron chi connectivity index (χ4n) is 2.24. The maximum Gasteiger partial charge on any atom is 0.420 e. The Morgan fingerprint density at radius 1 is 1.38 bits per heavy atom. The van der Waals surface area contributed by atoms with Crippen molar-refractivity contribution in [2.24, 2.45) is 0 Å². The van der Waals surface area contributed by atoms with Gasteiger partial charge in [-0.2, -0.15) is 13.2 Å². The molecule has 0 bridgehead atoms. The lowest BCUT2D eigenvalue weighted by Crippen LogP contribution is -2.38. The minimum Gasteiger partial charge on any atom is -0.491 e. The summed E-state index contributed by atoms with van der Waals surface area (Å²) >= 11 is 0. The predicted octanol–water partition coefficient (Wildman–Crippen LogP) is 3.13. The maximum absolute atomic E-state index is 12.9. The van der Waals surface area contributed by atoms with Crippen LogP contribution in [-0.2, 0) is 6.18 Å². The van der Waals surface area contributed by atoms with Gasteiger partial charge in [0, 0.05) is 18.2 Å². The van der Waals surface area contributed by atoms with Gasteiger partial charge in [-0.25, -0.2) is 0 Å². The van der Waals surface area contributed by atoms with Crippen LogP contribution in [0.15, 0.2) is 18.2 Å². The molecular formula is C13H15F3N2O3. The maximum atomic E-state index is 12.9. The molecule has 0 spiro atoms. The van der Waals surface area contributed by atoms with E-state index in [2.05, 4.69) is 5.32 Å². The molecule has 5 nitrogen and oxygen atoms in total. The number of nitrogens with one attached hydrogen (secondary N) is 1. The highest BCUT2D eigenvalue weighted by molar-refractivity contribution is 5.45. The molecule has 1 aromatic carbocycles. The molecule has 1 saturated heterocycles. The molecule has 0 radical (unpaired) electrons. The van der Waals surface area contributed by atoms with E-state index in [-0.39, 0.29) is 18.4 Å². The molecule has 1 aromatic rings. The topological polar surface area (TPSA) is 64.4 Å². The van der Waals surface area contributed by atoms with Gasteiger partial charge >= 0.3 is 6.18 Å². The highest BCUT2D eigenvalue weighted by Crippen LogP contribution is 2.38. The third-order valence-electron chi connectivity index (χ3n) is 3.33. The number of piperidine rings is 1. The quantitative estimate of drug-likeness (QED) is 0.685. The Morgan fingerprint density at radius 2 is 2.14 bits per heavy atom. The Labute approximate surface area is 119 Å². The molecule has 1 fully saturated rings. The van der Waals surface area contributed by atoms with Crippen LogP contribution in [0.5, 0.6) is 5.75 Å². The third-order valence-corrected chi connectivity index (χ3v) is 3.33. The molecule has 21 heavy (non-hydrogen) atoms. The van der Waals surface area contributed by atoms with Crippen LogP contribution in [0.2, 0.25) is 0 Å². The molecule has 1 aliphatic heterocycles. The summed E-state index contributed by atoms with van der Waals surface area (Å²) in [6.45, 7) is 0.932. The summed E-state index contributed by atoms with van der Waals surface area (Å²) in [6.07, 6.45) is -1.80. The molecule has 116 valence electrons. The van der Waals surface area contributed by atoms with Crippen molar-refractivity contribution in [2.45, 2.75) is 31.5 Å². The van der Waals surface area contributed by atoms with Crippen molar-refractivity contribution in [1.82, 2.24) is 5.32 Å². The number of nitrogens with zero attached hydrogens (tertiary/aromatic N) is 1. The second kappa shape index (κ2) is 6.30. The van der Waals surface area contributed by atoms with Gasteiger partial charge in [0.2, 0.25) is 0 Å². The summed E-state index contributed by atoms with van der Waals surface area (Å²) in [5, 5.41) is 13.7. The summed E-state index contributed by atoms with van der Waals surface area (Å²) in [5.41, 5.74) is -1.72. The third kappa shape index (κ3) is 4.07. The zero-order chi connectivity index (χ0) is 15.5. The molecule has 0 aromatic heterocycles. The lowest BCUT2D eigenvalue weighted by Gasteiger charge is -2.24. The van der Waals surface area contributed by atoms with Gasteiger partial charge in [-0.3, -0.25) is 10.1 Å². The Hall–Kier alpha value is -1.83. The summed E-state index contributed by atoms with van der Waals surface area (Å²) in [6, 6.07) is 2.53. The van der Waals surface area contributed by atoms with Gasteiger partial charge in [0.25, 0.3) is 5.69 Å². The van der Waals surface area contributed by atoms with E-state index in [9.17, 15) is 23.3 Å². The largest absolute Gasteiger partial charge is 0.491 e. The van der Waals surface area contributed by atoms with Crippen molar-refractivity contribution in [1.29, 1.82) is 0 Å². The van der Waals surface area contributed by atoms with Crippen LogP contribution < -0.4 is 10.1 Å². The van der Waals surface area contributed by atoms with Gasteiger partial charge in [0.15, 0.2) is 0 Å². The number of hydrogen-bond acceptors (Lipinski definition) is 4. The summed E-state index contributed by atoms with van der Waals surface area (Å²) in [5.74, 6) is -0.375. The molecule has 1 unspecified atom stereocenters. The van der Waals surface area contributed by atoms with Crippen LogP contribution in [-0.4, -0.2) is 24.1 Å². The number of hydrogen-bond donors (Lipinski definition) is 1. The van der Waals surface area contributed by atoms with Gasteiger partial charge in [0.05, 0.1) is 4.92 Å². The Bertz CT molecular complexity index is 514. The highest BCUT2D eigenvalue weighted by atomic mass is 19.4. The van der Waals surface area contributed by atoms with Gasteiger partial charge in [0.1, 0.15) is 17.9 Å². The van der Waals surface area contributed by atoms with Crippen LogP contribution in [0.25, 0.3) is 0 Å². The smallest absolute Gasteiger partial charge is 0.420 e. The normalized spacial score (nSPS) is 19.3. The molecule has 1 heterocycles. The number of ether oxygens (including phenoxy) is 1. The number of alkyl halides is 3. The Kier molecular flexibility index (Phi) is 4.66. The first-order valence-corrected chi connectivity index (χ1v) is 6.60. The lowest BCUT2D eigenvalue weighted by atomic mass is 10.1. The van der Waals surface area contributed by atoms with Gasteiger partial charge in [-0.1, -0.05) is 6.42 Å². The number of non-ortho nitro benzene ring substituents is 1. The first kappa shape index (κ1) is 15.6. The number of benzene rings is 1. The van der Waals surface area contributed by atoms with E-state index in [1.165, 1.54) is 0 Å². The van der Waals surface area contributed by atoms with Crippen LogP contribution in [0.4, 0.5) is 18.9 Å². The van der Waals surface area contributed by atoms with E-state index in [1.807, 2.05) is 0 Å². The number of nitro groups is 1. The standard InChI is InChI=1S/C13H15F3N2O3/c14-13(15,16)11-7-10(18(19)20)4-5-12(11)21-8-9-3-1-2-6-17-9/h4-5,7,9,17H,1-3,6,8H2. The van der Waals surface area contributed by atoms with E-state index in [0.29, 0.717) is 6.07 Å². The van der Waals surface area contributed by atoms with E-state index >= 15 is 0 Å². The molecule has 0 saturated carbocycles. The van der Waals surface area contributed by atoms with Crippen LogP contribution in [0.3, 0.4) is 0 Å². The molecule has 8 heteroatoms. The molecule has 1 N–H and O–H groups in total. The van der Waals surface area contributed by atoms with E-state index < -0.39 is 22.4 Å². The zero-order valence-electron chi connectivity index (χ0n) is 11.2. The average molecular weight is 304 g/mol. The average Bonchev–Trinajstić information content (AvgIpc) is 2.45. The first-order valence-electron chi connectivity index (χ1n) is 6.60. The van der Waals surface area contributed by atoms with Crippen molar-refractivity contribution in [3.8, 4) is 5.75 Å². The van der Waals surface area contributed by atoms with Crippen LogP contribution in [0, 0.1) is 10.1 Å². The molecular weight excluding hydrogens is 289 g/mol. The number of halogens is 3. The van der Waals surface area contributed by atoms with Crippen molar-refractivity contribution < 1.29 is 22.8 Å². The second-order valence-electron chi connectivity index (χ2n) is 4.89. The van der Waals surface area contributed by atoms with Gasteiger partial charge in [-0.05, 0) is 25.5 Å². The summed E-state index contributed by atoms with van der Waals surface area (Å²) < 4.78 is 44.1. The van der Waals surface area contributed by atoms with Gasteiger partial charge < -0.3 is 10.1 Å². The van der Waals surface area contributed by atoms with Crippen LogP contribution >= 0.6 is 0 Å². The molecule has 2 rings (SSSR count). The second-order valence-corrected chi connectivity index (χ2v) is 4.89. The predicted molar refractivity (Wildman–Crippen MR) is 69.2 cm³/mol. The van der Waals surface area contributed by atoms with Crippen molar-refractivity contribution in [3.63, 3.8) is 0 Å². The zero-order valence-corrected chi connectivity index (χ0v) is 11.2. The summed E-state index contributed by atoms with van der Waals surface area (Å²) in [7, 11) is 0. The Morgan fingerprint density at radius 3 is 2.71 bits per heavy atom. The van der Waals surface area contributed by atoms with Crippen molar-refractivity contribution >= 4 is 5.69 Å². The Balaban J connectivity index is 2.15. The van der Waals surface area contributed by atoms with Crippen molar-refractivity contribution in [2.75, 3.05) is 13.2 Å². The molecule has 1 atom stereocenters. The minimum atomic E-state index is -4.69. The van der Waals surface area contributed by atoms with Crippen molar-refractivity contribution in [3.05, 3.63) is 33.9 Å². The highest BCUT2D eigenvalue weighted by Gasteiger charge is 2.36. The van der Waals surface area contributed by atoms with Crippen LogP contribution in [0.1, 0.15) is 24.8 Å². The molecule has 0 amide bonds. The molecule has 0 aliphatic carbocycles. The summed E-state index contributed by atoms with van der Waals surface area (Å²) in [4.78, 5) is 9.72. The SMILES string of the molecule is O=[N+]([O-])c1ccc(OCC2CCCCN2)c(C(F)(F)F)c1. The van der Waals surface area contributed by atoms with E-state index in [1.54, 1.807) is 0 Å². The van der Waals surface area contributed by atoms with E-state index in [4.69, 9.17) is 4.74 Å². The fraction of sp³-hybridized carbons (Fsp3) is 0.538. The first-order chi connectivity index (χ1) is 9.88. The number of rotatable bonds is 4. The van der Waals surface area contributed by atoms with Gasteiger partial charge in [-0.15, -0.1) is 0 Å². The van der Waals surface area contributed by atoms with E-state index in [0.717, 1.165) is 37.9 Å². The number of nitro benzene ring substituents is 1.